The van der Waals surface area contributed by atoms with Crippen LogP contribution in [0, 0.1) is 22.7 Å². The summed E-state index contributed by atoms with van der Waals surface area (Å²) in [4.78, 5) is 38.4. The molecule has 2 aromatic carbocycles. The molecule has 0 aliphatic carbocycles. The Kier molecular flexibility index (Phi) is 8.59. The number of rotatable bonds is 8. The van der Waals surface area contributed by atoms with Gasteiger partial charge in [-0.25, -0.2) is 0 Å². The van der Waals surface area contributed by atoms with E-state index in [4.69, 9.17) is 9.47 Å². The number of benzene rings is 2. The van der Waals surface area contributed by atoms with Crippen LogP contribution in [0.4, 0.5) is 0 Å². The molecule has 0 amide bonds. The summed E-state index contributed by atoms with van der Waals surface area (Å²) in [6.07, 6.45) is 0.803. The van der Waals surface area contributed by atoms with E-state index in [1.807, 2.05) is 63.2 Å². The fourth-order valence-electron chi connectivity index (χ4n) is 3.59. The smallest absolute Gasteiger partial charge is 0.316 e. The minimum absolute atomic E-state index is 0.0254. The minimum atomic E-state index is -0.634. The van der Waals surface area contributed by atoms with E-state index in [9.17, 15) is 14.4 Å². The molecular formula is C28H36O5. The van der Waals surface area contributed by atoms with Crippen molar-refractivity contribution >= 4 is 17.7 Å². The average Bonchev–Trinajstić information content (AvgIpc) is 2.75. The molecule has 0 saturated carbocycles. The molecule has 2 rings (SSSR count). The summed E-state index contributed by atoms with van der Waals surface area (Å²) in [6.45, 7) is 11.0. The van der Waals surface area contributed by atoms with Gasteiger partial charge < -0.3 is 9.47 Å². The largest absolute Gasteiger partial charge is 0.469 e. The van der Waals surface area contributed by atoms with E-state index in [2.05, 4.69) is 0 Å². The van der Waals surface area contributed by atoms with Gasteiger partial charge in [-0.05, 0) is 56.9 Å². The molecule has 0 bridgehead atoms. The molecule has 0 aliphatic rings. The van der Waals surface area contributed by atoms with Gasteiger partial charge in [0.25, 0.3) is 0 Å². The Morgan fingerprint density at radius 3 is 1.73 bits per heavy atom. The van der Waals surface area contributed by atoms with Crippen LogP contribution in [0.25, 0.3) is 0 Å². The highest BCUT2D eigenvalue weighted by Gasteiger charge is 2.39. The second-order valence-electron chi connectivity index (χ2n) is 10.5. The highest BCUT2D eigenvalue weighted by atomic mass is 16.5. The number of hydrogen-bond acceptors (Lipinski definition) is 5. The van der Waals surface area contributed by atoms with Gasteiger partial charge in [-0.3, -0.25) is 14.4 Å². The van der Waals surface area contributed by atoms with Crippen LogP contribution >= 0.6 is 0 Å². The Morgan fingerprint density at radius 2 is 1.24 bits per heavy atom. The van der Waals surface area contributed by atoms with Crippen molar-refractivity contribution in [2.24, 2.45) is 22.7 Å². The van der Waals surface area contributed by atoms with Crippen molar-refractivity contribution in [2.45, 2.75) is 54.4 Å². The summed E-state index contributed by atoms with van der Waals surface area (Å²) in [5.74, 6) is -1.42. The van der Waals surface area contributed by atoms with Crippen LogP contribution in [0.2, 0.25) is 0 Å². The molecule has 1 unspecified atom stereocenters. The number of carbonyl (C=O) groups is 3. The van der Waals surface area contributed by atoms with Gasteiger partial charge >= 0.3 is 11.9 Å². The molecule has 0 radical (unpaired) electrons. The van der Waals surface area contributed by atoms with Crippen molar-refractivity contribution < 1.29 is 23.9 Å². The first-order valence-electron chi connectivity index (χ1n) is 11.3. The minimum Gasteiger partial charge on any atom is -0.469 e. The summed E-state index contributed by atoms with van der Waals surface area (Å²) in [6, 6.07) is 16.8. The van der Waals surface area contributed by atoms with E-state index in [1.165, 1.54) is 7.11 Å². The second-order valence-corrected chi connectivity index (χ2v) is 10.5. The quantitative estimate of drug-likeness (QED) is 0.394. The molecular weight excluding hydrogens is 416 g/mol. The number of ketones is 1. The van der Waals surface area contributed by atoms with E-state index in [0.29, 0.717) is 18.6 Å². The number of esters is 2. The molecule has 0 aliphatic heterocycles. The summed E-state index contributed by atoms with van der Waals surface area (Å²) >= 11 is 0. The fourth-order valence-corrected chi connectivity index (χ4v) is 3.59. The number of carbonyl (C=O) groups excluding carboxylic acids is 3. The van der Waals surface area contributed by atoms with Crippen LogP contribution < -0.4 is 4.74 Å². The second kappa shape index (κ2) is 10.8. The Labute approximate surface area is 197 Å². The topological polar surface area (TPSA) is 69.7 Å². The Bertz CT molecular complexity index is 947. The molecule has 2 aromatic rings. The number of Topliss-reactive ketones (excluding diaryl/α,β-unsaturated/α-hetero) is 1. The number of methoxy groups -OCH3 is 1. The summed E-state index contributed by atoms with van der Waals surface area (Å²) in [5.41, 5.74) is 0.655. The van der Waals surface area contributed by atoms with E-state index in [-0.39, 0.29) is 11.8 Å². The van der Waals surface area contributed by atoms with Crippen molar-refractivity contribution in [1.82, 2.24) is 0 Å². The van der Waals surface area contributed by atoms with Gasteiger partial charge in [-0.1, -0.05) is 63.2 Å². The highest BCUT2D eigenvalue weighted by Crippen LogP contribution is 2.31. The van der Waals surface area contributed by atoms with Crippen molar-refractivity contribution in [3.63, 3.8) is 0 Å². The van der Waals surface area contributed by atoms with Crippen LogP contribution in [0.3, 0.4) is 0 Å². The monoisotopic (exact) mass is 452 g/mol. The van der Waals surface area contributed by atoms with Gasteiger partial charge in [0.2, 0.25) is 0 Å². The molecule has 5 nitrogen and oxygen atoms in total. The first-order valence-corrected chi connectivity index (χ1v) is 11.3. The van der Waals surface area contributed by atoms with Crippen LogP contribution in [-0.2, 0) is 32.0 Å². The Hall–Kier alpha value is -2.95. The third-order valence-corrected chi connectivity index (χ3v) is 5.57. The van der Waals surface area contributed by atoms with E-state index >= 15 is 0 Å². The first-order chi connectivity index (χ1) is 15.3. The molecule has 2 atom stereocenters. The first kappa shape index (κ1) is 26.3. The fraction of sp³-hybridized carbons (Fsp3) is 0.464. The van der Waals surface area contributed by atoms with Crippen molar-refractivity contribution in [1.29, 1.82) is 0 Å². The molecule has 0 aromatic heterocycles. The van der Waals surface area contributed by atoms with Crippen molar-refractivity contribution in [3.05, 3.63) is 65.7 Å². The molecule has 178 valence electrons. The molecule has 33 heavy (non-hydrogen) atoms. The SMILES string of the molecule is COC(=O)[C@H](Cc1ccc(OC(=O)C(C)(C)C)cc1)C(Cc1ccccc1)C(=O)C(C)(C)C. The lowest BCUT2D eigenvalue weighted by Crippen LogP contribution is -2.39. The van der Waals surface area contributed by atoms with E-state index in [1.54, 1.807) is 32.9 Å². The number of ether oxygens (including phenoxy) is 2. The third kappa shape index (κ3) is 7.55. The van der Waals surface area contributed by atoms with Crippen molar-refractivity contribution in [2.75, 3.05) is 7.11 Å². The van der Waals surface area contributed by atoms with Gasteiger partial charge in [0.05, 0.1) is 18.4 Å². The highest BCUT2D eigenvalue weighted by molar-refractivity contribution is 5.90. The van der Waals surface area contributed by atoms with Crippen molar-refractivity contribution in [3.8, 4) is 5.75 Å². The maximum Gasteiger partial charge on any atom is 0.316 e. The van der Waals surface area contributed by atoms with Gasteiger partial charge in [0.1, 0.15) is 11.5 Å². The standard InChI is InChI=1S/C28H36O5/c1-27(2,3)24(29)22(17-19-11-9-8-10-12-19)23(25(30)32-7)18-20-13-15-21(16-14-20)33-26(31)28(4,5)6/h8-16,22-23H,17-18H2,1-7H3/t22?,23-/m1/s1. The maximum absolute atomic E-state index is 13.4. The van der Waals surface area contributed by atoms with Crippen LogP contribution in [0.15, 0.2) is 54.6 Å². The zero-order valence-corrected chi connectivity index (χ0v) is 20.8. The predicted octanol–water partition coefficient (Wildman–Crippen LogP) is 5.44. The predicted molar refractivity (Wildman–Crippen MR) is 129 cm³/mol. The lowest BCUT2D eigenvalue weighted by atomic mass is 9.72. The lowest BCUT2D eigenvalue weighted by Gasteiger charge is -2.30. The lowest BCUT2D eigenvalue weighted by molar-refractivity contribution is -0.151. The van der Waals surface area contributed by atoms with Gasteiger partial charge in [-0.15, -0.1) is 0 Å². The van der Waals surface area contributed by atoms with Crippen LogP contribution in [0.1, 0.15) is 52.7 Å². The summed E-state index contributed by atoms with van der Waals surface area (Å²) in [5, 5.41) is 0. The molecule has 0 heterocycles. The van der Waals surface area contributed by atoms with E-state index in [0.717, 1.165) is 11.1 Å². The molecule has 5 heteroatoms. The molecule has 0 spiro atoms. The third-order valence-electron chi connectivity index (χ3n) is 5.57. The van der Waals surface area contributed by atoms with Gasteiger partial charge in [0, 0.05) is 11.3 Å². The average molecular weight is 453 g/mol. The molecule has 0 saturated heterocycles. The normalized spacial score (nSPS) is 13.7. The number of hydrogen-bond donors (Lipinski definition) is 0. The zero-order chi connectivity index (χ0) is 24.8. The molecule has 0 N–H and O–H groups in total. The Morgan fingerprint density at radius 1 is 0.727 bits per heavy atom. The van der Waals surface area contributed by atoms with Gasteiger partial charge in [0.15, 0.2) is 0 Å². The summed E-state index contributed by atoms with van der Waals surface area (Å²) in [7, 11) is 1.35. The molecule has 0 fully saturated rings. The maximum atomic E-state index is 13.4. The van der Waals surface area contributed by atoms with Crippen LogP contribution in [0.5, 0.6) is 5.75 Å². The van der Waals surface area contributed by atoms with E-state index < -0.39 is 28.6 Å². The Balaban J connectivity index is 2.32. The zero-order valence-electron chi connectivity index (χ0n) is 20.8. The van der Waals surface area contributed by atoms with Gasteiger partial charge in [-0.2, -0.15) is 0 Å². The van der Waals surface area contributed by atoms with Crippen LogP contribution in [-0.4, -0.2) is 24.8 Å². The summed E-state index contributed by atoms with van der Waals surface area (Å²) < 4.78 is 10.6.